The third-order valence-corrected chi connectivity index (χ3v) is 5.77. The molecular formula is C23H31N7O. The molecule has 1 N–H and O–H groups in total. The van der Waals surface area contributed by atoms with E-state index in [1.54, 1.807) is 6.92 Å². The van der Waals surface area contributed by atoms with Gasteiger partial charge in [0.05, 0.1) is 0 Å². The van der Waals surface area contributed by atoms with Crippen LogP contribution in [0.5, 0.6) is 0 Å². The first kappa shape index (κ1) is 21.1. The smallest absolute Gasteiger partial charge is 0.229 e. The molecule has 1 aliphatic heterocycles. The van der Waals surface area contributed by atoms with Gasteiger partial charge < -0.3 is 24.6 Å². The van der Waals surface area contributed by atoms with Crippen LogP contribution in [0.2, 0.25) is 0 Å². The lowest BCUT2D eigenvalue weighted by atomic mass is 10.2. The average Bonchev–Trinajstić information content (AvgIpc) is 3.17. The van der Waals surface area contributed by atoms with Crippen LogP contribution in [-0.4, -0.2) is 77.1 Å². The highest BCUT2D eigenvalue weighted by molar-refractivity contribution is 5.77. The van der Waals surface area contributed by atoms with E-state index >= 15 is 0 Å². The molecule has 31 heavy (non-hydrogen) atoms. The number of hydrogen-bond acceptors (Lipinski definition) is 6. The van der Waals surface area contributed by atoms with E-state index in [1.165, 1.54) is 0 Å². The molecule has 1 aromatic carbocycles. The lowest BCUT2D eigenvalue weighted by Crippen LogP contribution is -2.48. The van der Waals surface area contributed by atoms with Crippen LogP contribution in [0, 0.1) is 0 Å². The van der Waals surface area contributed by atoms with Gasteiger partial charge in [-0.2, -0.15) is 4.98 Å². The predicted octanol–water partition coefficient (Wildman–Crippen LogP) is 2.97. The predicted molar refractivity (Wildman–Crippen MR) is 125 cm³/mol. The Morgan fingerprint density at radius 1 is 1.13 bits per heavy atom. The van der Waals surface area contributed by atoms with Crippen LogP contribution in [-0.2, 0) is 4.79 Å². The minimum absolute atomic E-state index is 0.151. The van der Waals surface area contributed by atoms with Gasteiger partial charge in [-0.15, -0.1) is 0 Å². The molecule has 1 amide bonds. The molecule has 8 heteroatoms. The Morgan fingerprint density at radius 3 is 2.48 bits per heavy atom. The second kappa shape index (κ2) is 8.93. The molecule has 0 saturated carbocycles. The van der Waals surface area contributed by atoms with Gasteiger partial charge in [-0.25, -0.2) is 4.98 Å². The summed E-state index contributed by atoms with van der Waals surface area (Å²) in [6.45, 7) is 8.03. The van der Waals surface area contributed by atoms with Gasteiger partial charge in [0.15, 0.2) is 0 Å². The van der Waals surface area contributed by atoms with Crippen LogP contribution in [0.25, 0.3) is 11.0 Å². The Bertz CT molecular complexity index is 1040. The fraction of sp³-hybridized carbons (Fsp3) is 0.435. The van der Waals surface area contributed by atoms with Gasteiger partial charge in [-0.3, -0.25) is 4.79 Å². The minimum atomic E-state index is 0.151. The molecule has 3 heterocycles. The van der Waals surface area contributed by atoms with Crippen LogP contribution >= 0.6 is 0 Å². The molecule has 1 atom stereocenters. The minimum Gasteiger partial charge on any atom is -0.368 e. The van der Waals surface area contributed by atoms with Crippen molar-refractivity contribution in [1.29, 1.82) is 0 Å². The van der Waals surface area contributed by atoms with Crippen LogP contribution in [0.1, 0.15) is 19.9 Å². The second-order valence-corrected chi connectivity index (χ2v) is 8.47. The summed E-state index contributed by atoms with van der Waals surface area (Å²) in [5.41, 5.74) is 3.05. The van der Waals surface area contributed by atoms with E-state index in [9.17, 15) is 4.79 Å². The van der Waals surface area contributed by atoms with Crippen molar-refractivity contribution in [3.8, 4) is 0 Å². The van der Waals surface area contributed by atoms with Crippen molar-refractivity contribution in [3.63, 3.8) is 0 Å². The molecule has 0 aliphatic carbocycles. The Labute approximate surface area is 183 Å². The lowest BCUT2D eigenvalue weighted by Gasteiger charge is -2.35. The van der Waals surface area contributed by atoms with Crippen molar-refractivity contribution in [2.75, 3.05) is 57.0 Å². The molecule has 164 valence electrons. The zero-order valence-corrected chi connectivity index (χ0v) is 18.7. The first-order chi connectivity index (χ1) is 14.9. The van der Waals surface area contributed by atoms with Crippen molar-refractivity contribution in [3.05, 3.63) is 42.7 Å². The standard InChI is InChI=1S/C23H31N7O/c1-17(16-27(3)4)30-10-9-19-15-24-23(26-22(19)30)25-20-5-7-21(8-6-20)29-13-11-28(12-14-29)18(2)31/h5-10,15,17H,11-14,16H2,1-4H3,(H,24,25,26). The van der Waals surface area contributed by atoms with Gasteiger partial charge >= 0.3 is 0 Å². The number of likely N-dealkylation sites (N-methyl/N-ethyl adjacent to an activating group) is 1. The maximum absolute atomic E-state index is 11.5. The maximum Gasteiger partial charge on any atom is 0.229 e. The quantitative estimate of drug-likeness (QED) is 0.660. The van der Waals surface area contributed by atoms with Crippen LogP contribution in [0.4, 0.5) is 17.3 Å². The SMILES string of the molecule is CC(=O)N1CCN(c2ccc(Nc3ncc4ccn(C(C)CN(C)C)c4n3)cc2)CC1. The topological polar surface area (TPSA) is 69.5 Å². The summed E-state index contributed by atoms with van der Waals surface area (Å²) < 4.78 is 2.20. The molecule has 8 nitrogen and oxygen atoms in total. The van der Waals surface area contributed by atoms with Gasteiger partial charge in [-0.05, 0) is 51.4 Å². The molecule has 1 unspecified atom stereocenters. The normalized spacial score (nSPS) is 15.5. The Balaban J connectivity index is 1.45. The summed E-state index contributed by atoms with van der Waals surface area (Å²) >= 11 is 0. The number of piperazine rings is 1. The Hall–Kier alpha value is -3.13. The molecule has 2 aromatic heterocycles. The molecular weight excluding hydrogens is 390 g/mol. The average molecular weight is 422 g/mol. The summed E-state index contributed by atoms with van der Waals surface area (Å²) in [5.74, 6) is 0.741. The number of carbonyl (C=O) groups is 1. The van der Waals surface area contributed by atoms with Crippen LogP contribution in [0.15, 0.2) is 42.7 Å². The fourth-order valence-corrected chi connectivity index (χ4v) is 4.13. The number of benzene rings is 1. The fourth-order valence-electron chi connectivity index (χ4n) is 4.13. The number of amides is 1. The van der Waals surface area contributed by atoms with Crippen molar-refractivity contribution >= 4 is 34.3 Å². The summed E-state index contributed by atoms with van der Waals surface area (Å²) in [6.07, 6.45) is 3.95. The third-order valence-electron chi connectivity index (χ3n) is 5.77. The number of fused-ring (bicyclic) bond motifs is 1. The number of nitrogens with one attached hydrogen (secondary N) is 1. The molecule has 1 fully saturated rings. The molecule has 1 saturated heterocycles. The lowest BCUT2D eigenvalue weighted by molar-refractivity contribution is -0.129. The van der Waals surface area contributed by atoms with Gasteiger partial charge in [-0.1, -0.05) is 0 Å². The number of aromatic nitrogens is 3. The molecule has 3 aromatic rings. The van der Waals surface area contributed by atoms with E-state index in [2.05, 4.69) is 70.1 Å². The molecule has 0 spiro atoms. The monoisotopic (exact) mass is 421 g/mol. The van der Waals surface area contributed by atoms with Crippen LogP contribution in [0.3, 0.4) is 0 Å². The van der Waals surface area contributed by atoms with E-state index in [0.717, 1.165) is 55.1 Å². The number of anilines is 3. The Morgan fingerprint density at radius 2 is 1.84 bits per heavy atom. The summed E-state index contributed by atoms with van der Waals surface area (Å²) in [5, 5.41) is 4.37. The van der Waals surface area contributed by atoms with Crippen LogP contribution < -0.4 is 10.2 Å². The summed E-state index contributed by atoms with van der Waals surface area (Å²) in [6, 6.07) is 10.7. The second-order valence-electron chi connectivity index (χ2n) is 8.47. The summed E-state index contributed by atoms with van der Waals surface area (Å²) in [7, 11) is 4.16. The Kier molecular flexibility index (Phi) is 6.08. The van der Waals surface area contributed by atoms with Gasteiger partial charge in [0.1, 0.15) is 5.65 Å². The third kappa shape index (κ3) is 4.80. The van der Waals surface area contributed by atoms with Gasteiger partial charge in [0.25, 0.3) is 0 Å². The van der Waals surface area contributed by atoms with Crippen molar-refractivity contribution in [2.24, 2.45) is 0 Å². The number of carbonyl (C=O) groups excluding carboxylic acids is 1. The molecule has 0 bridgehead atoms. The molecule has 0 radical (unpaired) electrons. The summed E-state index contributed by atoms with van der Waals surface area (Å²) in [4.78, 5) is 27.2. The van der Waals surface area contributed by atoms with Crippen molar-refractivity contribution in [1.82, 2.24) is 24.3 Å². The van der Waals surface area contributed by atoms with E-state index < -0.39 is 0 Å². The number of nitrogens with zero attached hydrogens (tertiary/aromatic N) is 6. The largest absolute Gasteiger partial charge is 0.368 e. The van der Waals surface area contributed by atoms with E-state index in [1.807, 2.05) is 23.2 Å². The van der Waals surface area contributed by atoms with E-state index in [0.29, 0.717) is 12.0 Å². The molecule has 1 aliphatic rings. The van der Waals surface area contributed by atoms with Gasteiger partial charge in [0.2, 0.25) is 11.9 Å². The first-order valence-electron chi connectivity index (χ1n) is 10.8. The van der Waals surface area contributed by atoms with E-state index in [-0.39, 0.29) is 5.91 Å². The highest BCUT2D eigenvalue weighted by Crippen LogP contribution is 2.23. The van der Waals surface area contributed by atoms with Crippen molar-refractivity contribution < 1.29 is 4.79 Å². The number of rotatable bonds is 6. The highest BCUT2D eigenvalue weighted by atomic mass is 16.2. The molecule has 4 rings (SSSR count). The zero-order valence-electron chi connectivity index (χ0n) is 18.7. The van der Waals surface area contributed by atoms with Crippen molar-refractivity contribution in [2.45, 2.75) is 19.9 Å². The maximum atomic E-state index is 11.5. The zero-order chi connectivity index (χ0) is 22.0. The van der Waals surface area contributed by atoms with Gasteiger partial charge in [0, 0.05) is 74.8 Å². The van der Waals surface area contributed by atoms with E-state index in [4.69, 9.17) is 4.98 Å². The first-order valence-corrected chi connectivity index (χ1v) is 10.8. The number of hydrogen-bond donors (Lipinski definition) is 1. The highest BCUT2D eigenvalue weighted by Gasteiger charge is 2.18.